The molecule has 0 bridgehead atoms. The molecule has 0 amide bonds. The molecule has 22 heteroatoms. The van der Waals surface area contributed by atoms with Gasteiger partial charge in [-0.2, -0.15) is 0 Å². The minimum Gasteiger partial charge on any atom is -2.00 e. The van der Waals surface area contributed by atoms with E-state index >= 15 is 0 Å². The predicted octanol–water partition coefficient (Wildman–Crippen LogP) is 16.0. The molecule has 0 fully saturated rings. The van der Waals surface area contributed by atoms with Crippen molar-refractivity contribution in [1.82, 2.24) is 19.9 Å². The molecule has 0 saturated carbocycles. The Bertz CT molecular complexity index is 1640. The van der Waals surface area contributed by atoms with Gasteiger partial charge in [0.25, 0.3) is 0 Å². The van der Waals surface area contributed by atoms with Crippen LogP contribution in [-0.2, 0) is 77.4 Å². The Morgan fingerprint density at radius 1 is 0.328 bits per heavy atom. The van der Waals surface area contributed by atoms with E-state index in [0.717, 1.165) is 22.8 Å². The first-order valence-electron chi connectivity index (χ1n) is 16.3. The van der Waals surface area contributed by atoms with Crippen LogP contribution in [-0.4, -0.2) is 19.9 Å². The topological polar surface area (TPSA) is 109 Å². The van der Waals surface area contributed by atoms with Crippen LogP contribution in [0.25, 0.3) is 22.8 Å². The third kappa shape index (κ3) is 31.0. The molecule has 0 aromatic carbocycles. The van der Waals surface area contributed by atoms with Gasteiger partial charge in [-0.25, -0.2) is 0 Å². The summed E-state index contributed by atoms with van der Waals surface area (Å²) in [6, 6.07) is 16.9. The normalized spacial score (nSPS) is 14.2. The summed E-state index contributed by atoms with van der Waals surface area (Å²) < 4.78 is 118. The minimum absolute atomic E-state index is 0. The number of nitrogens with zero attached hydrogens (tertiary/aromatic N) is 4. The van der Waals surface area contributed by atoms with Crippen molar-refractivity contribution < 1.29 is 106 Å². The predicted molar refractivity (Wildman–Crippen MR) is 198 cm³/mol. The summed E-state index contributed by atoms with van der Waals surface area (Å²) in [6.45, 7) is 26.6. The van der Waals surface area contributed by atoms with Crippen LogP contribution in [0.4, 0.5) is 50.4 Å². The summed E-state index contributed by atoms with van der Waals surface area (Å²) in [7, 11) is -21.3. The SMILES string of the molecule is CC(C)(C)c1ccnc(-c2cc(C(C)(C)C)ccn2)c1.CC(C)(C)c1ccnc(-c2cc(C(C)(C)C)ccn2)c1.F[P-](F)(F)(F)(F)F.F[P-](F)(F)(F)(F)F.[Au+3].[Au+3].[O-2].[O-2]. The van der Waals surface area contributed by atoms with Gasteiger partial charge in [-0.15, -0.1) is 0 Å². The van der Waals surface area contributed by atoms with Crippen molar-refractivity contribution in [2.75, 3.05) is 0 Å². The van der Waals surface area contributed by atoms with Gasteiger partial charge >= 0.3 is 111 Å². The Morgan fingerprint density at radius 3 is 0.552 bits per heavy atom. The van der Waals surface area contributed by atoms with Gasteiger partial charge in [-0.1, -0.05) is 83.1 Å². The van der Waals surface area contributed by atoms with Gasteiger partial charge < -0.3 is 11.0 Å². The molecule has 0 unspecified atom stereocenters. The fraction of sp³-hybridized carbons (Fsp3) is 0.444. The second-order valence-electron chi connectivity index (χ2n) is 16.6. The second kappa shape index (κ2) is 19.0. The molecule has 58 heavy (non-hydrogen) atoms. The van der Waals surface area contributed by atoms with Crippen LogP contribution in [0, 0.1) is 0 Å². The molecule has 4 heterocycles. The van der Waals surface area contributed by atoms with Crippen LogP contribution in [0.3, 0.4) is 0 Å². The molecule has 4 aromatic heterocycles. The first-order valence-corrected chi connectivity index (χ1v) is 20.3. The fourth-order valence-corrected chi connectivity index (χ4v) is 4.15. The summed E-state index contributed by atoms with van der Waals surface area (Å²) in [5.41, 5.74) is 9.42. The van der Waals surface area contributed by atoms with Crippen LogP contribution in [0.5, 0.6) is 0 Å². The molecule has 6 nitrogen and oxygen atoms in total. The molecule has 4 aromatic rings. The largest absolute Gasteiger partial charge is 3.00 e. The number of rotatable bonds is 2. The van der Waals surface area contributed by atoms with Gasteiger partial charge in [0, 0.05) is 24.8 Å². The first-order chi connectivity index (χ1) is 23.3. The van der Waals surface area contributed by atoms with Crippen LogP contribution in [0.1, 0.15) is 105 Å². The van der Waals surface area contributed by atoms with Gasteiger partial charge in [-0.05, 0) is 92.4 Å². The van der Waals surface area contributed by atoms with E-state index < -0.39 is 15.6 Å². The molecule has 0 aliphatic carbocycles. The Morgan fingerprint density at radius 2 is 0.448 bits per heavy atom. The van der Waals surface area contributed by atoms with E-state index in [1.807, 2.05) is 24.8 Å². The third-order valence-electron chi connectivity index (χ3n) is 7.03. The van der Waals surface area contributed by atoms with Gasteiger partial charge in [-0.3, -0.25) is 19.9 Å². The average Bonchev–Trinajstić information content (AvgIpc) is 2.93. The maximum absolute atomic E-state index is 10.7. The van der Waals surface area contributed by atoms with Gasteiger partial charge in [0.05, 0.1) is 22.8 Å². The van der Waals surface area contributed by atoms with Gasteiger partial charge in [0.15, 0.2) is 0 Å². The maximum atomic E-state index is 9.87. The van der Waals surface area contributed by atoms with Crippen LogP contribution in [0.2, 0.25) is 0 Å². The van der Waals surface area contributed by atoms with Crippen molar-refractivity contribution in [3.63, 3.8) is 0 Å². The summed E-state index contributed by atoms with van der Waals surface area (Å²) in [6.07, 6.45) is 7.51. The second-order valence-corrected chi connectivity index (χ2v) is 20.5. The molecular weight excluding hydrogens is 1200 g/mol. The minimum atomic E-state index is -10.7. The first kappa shape index (κ1) is 62.7. The molecular formula is C36H48Au2F12N4O2P2. The van der Waals surface area contributed by atoms with E-state index in [-0.39, 0.29) is 77.4 Å². The van der Waals surface area contributed by atoms with E-state index in [9.17, 15) is 50.4 Å². The van der Waals surface area contributed by atoms with E-state index in [1.165, 1.54) is 22.3 Å². The van der Waals surface area contributed by atoms with Crippen molar-refractivity contribution in [2.24, 2.45) is 0 Å². The molecule has 0 N–H and O–H groups in total. The maximum Gasteiger partial charge on any atom is 3.00 e. The van der Waals surface area contributed by atoms with Crippen molar-refractivity contribution in [3.8, 4) is 22.8 Å². The average molecular weight is 1250 g/mol. The van der Waals surface area contributed by atoms with Crippen LogP contribution in [0.15, 0.2) is 73.3 Å². The van der Waals surface area contributed by atoms with Crippen molar-refractivity contribution >= 4 is 15.6 Å². The smallest absolute Gasteiger partial charge is 2.00 e. The quantitative estimate of drug-likeness (QED) is 0.113. The van der Waals surface area contributed by atoms with Gasteiger partial charge in [0.1, 0.15) is 0 Å². The van der Waals surface area contributed by atoms with Gasteiger partial charge in [0.2, 0.25) is 0 Å². The molecule has 0 radical (unpaired) electrons. The van der Waals surface area contributed by atoms with Crippen molar-refractivity contribution in [3.05, 3.63) is 95.6 Å². The Labute approximate surface area is 363 Å². The molecule has 0 atom stereocenters. The van der Waals surface area contributed by atoms with Crippen molar-refractivity contribution in [1.29, 1.82) is 0 Å². The van der Waals surface area contributed by atoms with E-state index in [0.29, 0.717) is 0 Å². The molecule has 0 aliphatic heterocycles. The standard InChI is InChI=1S/2C18H24N2.2Au.2F6P.2O/c2*1-17(2,3)13-7-9-19-15(11-13)16-12-14(8-10-20-16)18(4,5)6;;;2*1-7(2,3,4,5)6;;/h2*7-12H,1-6H3;;;;;;/q;;2*+3;2*-1;2*-2. The van der Waals surface area contributed by atoms with Crippen LogP contribution >= 0.6 is 15.6 Å². The van der Waals surface area contributed by atoms with Crippen molar-refractivity contribution in [2.45, 2.75) is 105 Å². The fourth-order valence-electron chi connectivity index (χ4n) is 4.15. The Hall–Kier alpha value is -1.98. The summed E-state index contributed by atoms with van der Waals surface area (Å²) >= 11 is 0. The zero-order valence-corrected chi connectivity index (χ0v) is 39.7. The van der Waals surface area contributed by atoms with Crippen LogP contribution < -0.4 is 0 Å². The third-order valence-corrected chi connectivity index (χ3v) is 7.03. The Balaban J connectivity index is -0.000000362. The van der Waals surface area contributed by atoms with E-state index in [2.05, 4.69) is 152 Å². The monoisotopic (exact) mass is 1250 g/mol. The summed E-state index contributed by atoms with van der Waals surface area (Å²) in [5.74, 6) is 0. The zero-order valence-electron chi connectivity index (χ0n) is 33.6. The molecule has 0 spiro atoms. The summed E-state index contributed by atoms with van der Waals surface area (Å²) in [5, 5.41) is 0. The van der Waals surface area contributed by atoms with E-state index in [4.69, 9.17) is 0 Å². The molecule has 340 valence electrons. The number of pyridine rings is 4. The number of aromatic nitrogens is 4. The molecule has 0 saturated heterocycles. The number of hydrogen-bond donors (Lipinski definition) is 0. The molecule has 0 aliphatic rings. The number of hydrogen-bond acceptors (Lipinski definition) is 4. The summed E-state index contributed by atoms with van der Waals surface area (Å²) in [4.78, 5) is 17.9. The zero-order chi connectivity index (χ0) is 42.7. The van der Waals surface area contributed by atoms with E-state index in [1.54, 1.807) is 0 Å². The number of halogens is 12. The Kier molecular flexibility index (Phi) is 20.5. The molecule has 4 rings (SSSR count).